The van der Waals surface area contributed by atoms with Gasteiger partial charge in [-0.15, -0.1) is 11.3 Å². The highest BCUT2D eigenvalue weighted by molar-refractivity contribution is 7.13. The van der Waals surface area contributed by atoms with Crippen molar-refractivity contribution in [2.24, 2.45) is 11.8 Å². The predicted octanol–water partition coefficient (Wildman–Crippen LogP) is 4.30. The minimum atomic E-state index is -0.0350. The summed E-state index contributed by atoms with van der Waals surface area (Å²) in [6.07, 6.45) is 7.77. The number of amides is 1. The van der Waals surface area contributed by atoms with E-state index in [-0.39, 0.29) is 17.7 Å². The van der Waals surface area contributed by atoms with Crippen LogP contribution in [0.25, 0.3) is 21.2 Å². The number of nitrogens with zero attached hydrogens (tertiary/aromatic N) is 2. The Labute approximate surface area is 155 Å². The molecule has 5 nitrogen and oxygen atoms in total. The van der Waals surface area contributed by atoms with Gasteiger partial charge in [0.2, 0.25) is 5.91 Å². The lowest BCUT2D eigenvalue weighted by molar-refractivity contribution is -0.122. The minimum Gasteiger partial charge on any atom is -0.310 e. The smallest absolute Gasteiger partial charge is 0.228 e. The molecule has 2 aromatic heterocycles. The SMILES string of the molecule is O=CC1CCC(C(=O)Nc2cc3cc(-c4cncs4)ccc3cn2)CC1. The van der Waals surface area contributed by atoms with E-state index in [0.717, 1.165) is 53.2 Å². The maximum Gasteiger partial charge on any atom is 0.228 e. The number of aldehydes is 1. The second-order valence-corrected chi connectivity index (χ2v) is 7.62. The molecular formula is C20H19N3O2S. The highest BCUT2D eigenvalue weighted by Gasteiger charge is 2.26. The van der Waals surface area contributed by atoms with Crippen LogP contribution in [0.3, 0.4) is 0 Å². The number of fused-ring (bicyclic) bond motifs is 1. The van der Waals surface area contributed by atoms with Crippen molar-refractivity contribution < 1.29 is 9.59 Å². The Morgan fingerprint density at radius 1 is 1.12 bits per heavy atom. The van der Waals surface area contributed by atoms with E-state index in [1.54, 1.807) is 17.5 Å². The van der Waals surface area contributed by atoms with Gasteiger partial charge in [0.15, 0.2) is 0 Å². The summed E-state index contributed by atoms with van der Waals surface area (Å²) in [5.41, 5.74) is 2.92. The van der Waals surface area contributed by atoms with Gasteiger partial charge in [-0.2, -0.15) is 0 Å². The fourth-order valence-corrected chi connectivity index (χ4v) is 4.09. The van der Waals surface area contributed by atoms with Crippen LogP contribution < -0.4 is 5.32 Å². The molecule has 0 unspecified atom stereocenters. The molecule has 26 heavy (non-hydrogen) atoms. The molecule has 0 radical (unpaired) electrons. The molecule has 6 heteroatoms. The van der Waals surface area contributed by atoms with Crippen molar-refractivity contribution in [3.8, 4) is 10.4 Å². The number of carbonyl (C=O) groups is 2. The first-order valence-corrected chi connectivity index (χ1v) is 9.66. The van der Waals surface area contributed by atoms with Gasteiger partial charge in [-0.3, -0.25) is 9.78 Å². The van der Waals surface area contributed by atoms with E-state index in [9.17, 15) is 9.59 Å². The molecule has 1 aliphatic rings. The lowest BCUT2D eigenvalue weighted by atomic mass is 9.82. The zero-order chi connectivity index (χ0) is 17.9. The van der Waals surface area contributed by atoms with Crippen LogP contribution in [0.5, 0.6) is 0 Å². The van der Waals surface area contributed by atoms with Gasteiger partial charge in [0.05, 0.1) is 10.4 Å². The van der Waals surface area contributed by atoms with Gasteiger partial charge in [-0.05, 0) is 48.8 Å². The number of rotatable bonds is 4. The number of hydrogen-bond donors (Lipinski definition) is 1. The molecule has 0 atom stereocenters. The van der Waals surface area contributed by atoms with E-state index in [1.807, 2.05) is 23.8 Å². The molecular weight excluding hydrogens is 346 g/mol. The average Bonchev–Trinajstić information content (AvgIpc) is 3.22. The topological polar surface area (TPSA) is 72.0 Å². The molecule has 3 aromatic rings. The molecule has 4 rings (SSSR count). The second-order valence-electron chi connectivity index (χ2n) is 6.73. The summed E-state index contributed by atoms with van der Waals surface area (Å²) < 4.78 is 0. The van der Waals surface area contributed by atoms with E-state index < -0.39 is 0 Å². The number of nitrogens with one attached hydrogen (secondary N) is 1. The van der Waals surface area contributed by atoms with Crippen LogP contribution in [0.15, 0.2) is 42.2 Å². The molecule has 1 aromatic carbocycles. The van der Waals surface area contributed by atoms with Crippen LogP contribution in [0.1, 0.15) is 25.7 Å². The van der Waals surface area contributed by atoms with Crippen molar-refractivity contribution in [2.75, 3.05) is 5.32 Å². The molecule has 1 fully saturated rings. The molecule has 1 saturated carbocycles. The Morgan fingerprint density at radius 2 is 1.96 bits per heavy atom. The van der Waals surface area contributed by atoms with Crippen LogP contribution in [0.2, 0.25) is 0 Å². The number of thiazole rings is 1. The summed E-state index contributed by atoms with van der Waals surface area (Å²) in [5, 5.41) is 5.01. The lowest BCUT2D eigenvalue weighted by Crippen LogP contribution is -2.27. The number of carbonyl (C=O) groups excluding carboxylic acids is 2. The standard InChI is InChI=1S/C20H19N3O2S/c24-11-13-1-3-14(4-2-13)20(25)23-19-8-17-7-15(18-10-21-12-26-18)5-6-16(17)9-22-19/h5-14H,1-4H2,(H,22,23,25). The number of pyridine rings is 1. The maximum atomic E-state index is 12.5. The summed E-state index contributed by atoms with van der Waals surface area (Å²) >= 11 is 1.60. The van der Waals surface area contributed by atoms with E-state index in [2.05, 4.69) is 27.4 Å². The highest BCUT2D eigenvalue weighted by Crippen LogP contribution is 2.30. The number of benzene rings is 1. The molecule has 0 aliphatic heterocycles. The molecule has 0 saturated heterocycles. The second kappa shape index (κ2) is 7.33. The van der Waals surface area contributed by atoms with Gasteiger partial charge < -0.3 is 10.1 Å². The fraction of sp³-hybridized carbons (Fsp3) is 0.300. The van der Waals surface area contributed by atoms with Crippen molar-refractivity contribution in [3.05, 3.63) is 42.2 Å². The third-order valence-corrected chi connectivity index (χ3v) is 5.85. The van der Waals surface area contributed by atoms with Crippen molar-refractivity contribution in [2.45, 2.75) is 25.7 Å². The molecule has 0 spiro atoms. The van der Waals surface area contributed by atoms with Gasteiger partial charge >= 0.3 is 0 Å². The van der Waals surface area contributed by atoms with Gasteiger partial charge in [-0.1, -0.05) is 12.1 Å². The zero-order valence-electron chi connectivity index (χ0n) is 14.2. The Hall–Kier alpha value is -2.60. The lowest BCUT2D eigenvalue weighted by Gasteiger charge is -2.24. The summed E-state index contributed by atoms with van der Waals surface area (Å²) in [5.74, 6) is 0.650. The first kappa shape index (κ1) is 16.8. The molecule has 132 valence electrons. The molecule has 0 bridgehead atoms. The largest absolute Gasteiger partial charge is 0.310 e. The number of anilines is 1. The van der Waals surface area contributed by atoms with E-state index >= 15 is 0 Å². The van der Waals surface area contributed by atoms with Gasteiger partial charge in [0.25, 0.3) is 0 Å². The predicted molar refractivity (Wildman–Crippen MR) is 103 cm³/mol. The van der Waals surface area contributed by atoms with Crippen molar-refractivity contribution in [1.29, 1.82) is 0 Å². The van der Waals surface area contributed by atoms with Crippen molar-refractivity contribution in [3.63, 3.8) is 0 Å². The van der Waals surface area contributed by atoms with Crippen LogP contribution in [0.4, 0.5) is 5.82 Å². The van der Waals surface area contributed by atoms with Crippen LogP contribution in [0, 0.1) is 11.8 Å². The van der Waals surface area contributed by atoms with E-state index in [0.29, 0.717) is 5.82 Å². The molecule has 1 aliphatic carbocycles. The Balaban J connectivity index is 1.51. The summed E-state index contributed by atoms with van der Waals surface area (Å²) in [4.78, 5) is 33.0. The normalized spacial score (nSPS) is 20.0. The fourth-order valence-electron chi connectivity index (χ4n) is 3.47. The quantitative estimate of drug-likeness (QED) is 0.700. The molecule has 1 N–H and O–H groups in total. The highest BCUT2D eigenvalue weighted by atomic mass is 32.1. The first-order chi connectivity index (χ1) is 12.7. The number of hydrogen-bond acceptors (Lipinski definition) is 5. The van der Waals surface area contributed by atoms with Crippen molar-refractivity contribution in [1.82, 2.24) is 9.97 Å². The average molecular weight is 365 g/mol. The zero-order valence-corrected chi connectivity index (χ0v) is 15.0. The van der Waals surface area contributed by atoms with Crippen LogP contribution in [-0.4, -0.2) is 22.2 Å². The van der Waals surface area contributed by atoms with E-state index in [1.165, 1.54) is 0 Å². The van der Waals surface area contributed by atoms with Gasteiger partial charge in [0, 0.05) is 29.6 Å². The third-order valence-electron chi connectivity index (χ3n) is 5.02. The Bertz CT molecular complexity index is 931. The third kappa shape index (κ3) is 3.51. The van der Waals surface area contributed by atoms with Crippen LogP contribution in [-0.2, 0) is 9.59 Å². The Kier molecular flexibility index (Phi) is 4.75. The first-order valence-electron chi connectivity index (χ1n) is 8.78. The molecule has 1 amide bonds. The number of aromatic nitrogens is 2. The van der Waals surface area contributed by atoms with Crippen molar-refractivity contribution >= 4 is 40.1 Å². The maximum absolute atomic E-state index is 12.5. The van der Waals surface area contributed by atoms with Crippen LogP contribution >= 0.6 is 11.3 Å². The summed E-state index contributed by atoms with van der Waals surface area (Å²) in [6, 6.07) is 8.09. The Morgan fingerprint density at radius 3 is 2.69 bits per heavy atom. The minimum absolute atomic E-state index is 0.000176. The monoisotopic (exact) mass is 365 g/mol. The van der Waals surface area contributed by atoms with Gasteiger partial charge in [0.1, 0.15) is 12.1 Å². The van der Waals surface area contributed by atoms with E-state index in [4.69, 9.17) is 0 Å². The summed E-state index contributed by atoms with van der Waals surface area (Å²) in [6.45, 7) is 0. The summed E-state index contributed by atoms with van der Waals surface area (Å²) in [7, 11) is 0. The van der Waals surface area contributed by atoms with Gasteiger partial charge in [-0.25, -0.2) is 4.98 Å². The molecule has 2 heterocycles.